The number of fused-ring (bicyclic) bond motifs is 1. The molecule has 1 heterocycles. The Kier molecular flexibility index (Phi) is 7.19. The number of aromatic nitrogens is 1. The third-order valence-corrected chi connectivity index (χ3v) is 4.93. The summed E-state index contributed by atoms with van der Waals surface area (Å²) in [5.41, 5.74) is 1.75. The summed E-state index contributed by atoms with van der Waals surface area (Å²) >= 11 is 5.30. The number of aromatic amines is 1. The number of benzene rings is 2. The molecular weight excluding hydrogens is 452 g/mol. The van der Waals surface area contributed by atoms with Crippen LogP contribution in [-0.2, 0) is 9.53 Å². The van der Waals surface area contributed by atoms with E-state index >= 15 is 0 Å². The number of nitrogens with one attached hydrogen (secondary N) is 3. The molecule has 0 aliphatic heterocycles. The Morgan fingerprint density at radius 2 is 1.88 bits per heavy atom. The first kappa shape index (κ1) is 24.4. The number of rotatable bonds is 7. The second-order valence-electron chi connectivity index (χ2n) is 8.36. The molecule has 0 amide bonds. The maximum atomic E-state index is 13.6. The SMILES string of the molecule is COc1ccc(-c2cc3cc(F)c(F)cc3[nH]2)cc1NC(=S)N[C@@H](COC(C)(C)C)C(=O)O. The van der Waals surface area contributed by atoms with Crippen LogP contribution in [0.3, 0.4) is 0 Å². The topological polar surface area (TPSA) is 95.6 Å². The molecule has 3 aromatic rings. The highest BCUT2D eigenvalue weighted by Crippen LogP contribution is 2.32. The Balaban J connectivity index is 1.82. The average molecular weight is 478 g/mol. The van der Waals surface area contributed by atoms with Gasteiger partial charge in [0.25, 0.3) is 0 Å². The number of carbonyl (C=O) groups is 1. The molecule has 1 atom stereocenters. The van der Waals surface area contributed by atoms with Gasteiger partial charge in [0, 0.05) is 28.2 Å². The number of thiocarbonyl (C=S) groups is 1. The zero-order chi connectivity index (χ0) is 24.3. The predicted octanol–water partition coefficient (Wildman–Crippen LogP) is 4.68. The van der Waals surface area contributed by atoms with Gasteiger partial charge in [-0.25, -0.2) is 13.6 Å². The second-order valence-corrected chi connectivity index (χ2v) is 8.77. The summed E-state index contributed by atoms with van der Waals surface area (Å²) in [6.45, 7) is 5.39. The van der Waals surface area contributed by atoms with Gasteiger partial charge in [-0.1, -0.05) is 0 Å². The monoisotopic (exact) mass is 477 g/mol. The Hall–Kier alpha value is -3.24. The second kappa shape index (κ2) is 9.72. The zero-order valence-electron chi connectivity index (χ0n) is 18.6. The summed E-state index contributed by atoms with van der Waals surface area (Å²) < 4.78 is 38.0. The summed E-state index contributed by atoms with van der Waals surface area (Å²) in [6, 6.07) is 8.06. The van der Waals surface area contributed by atoms with E-state index in [2.05, 4.69) is 15.6 Å². The fourth-order valence-corrected chi connectivity index (χ4v) is 3.33. The number of anilines is 1. The van der Waals surface area contributed by atoms with E-state index < -0.39 is 29.2 Å². The molecular formula is C23H25F2N3O4S. The van der Waals surface area contributed by atoms with Gasteiger partial charge in [0.2, 0.25) is 0 Å². The molecule has 0 saturated heterocycles. The molecule has 0 fully saturated rings. The quantitative estimate of drug-likeness (QED) is 0.367. The summed E-state index contributed by atoms with van der Waals surface area (Å²) in [4.78, 5) is 14.6. The molecule has 3 rings (SSSR count). The van der Waals surface area contributed by atoms with Crippen molar-refractivity contribution in [3.63, 3.8) is 0 Å². The molecule has 0 aliphatic rings. The van der Waals surface area contributed by atoms with Crippen molar-refractivity contribution in [2.24, 2.45) is 0 Å². The van der Waals surface area contributed by atoms with Crippen molar-refractivity contribution in [2.75, 3.05) is 19.0 Å². The third kappa shape index (κ3) is 6.17. The van der Waals surface area contributed by atoms with Crippen molar-refractivity contribution in [1.29, 1.82) is 0 Å². The highest BCUT2D eigenvalue weighted by Gasteiger charge is 2.22. The number of H-pyrrole nitrogens is 1. The maximum Gasteiger partial charge on any atom is 0.328 e. The molecule has 0 spiro atoms. The van der Waals surface area contributed by atoms with Gasteiger partial charge in [-0.05, 0) is 63.3 Å². The third-order valence-electron chi connectivity index (χ3n) is 4.71. The summed E-state index contributed by atoms with van der Waals surface area (Å²) in [6.07, 6.45) is 0. The van der Waals surface area contributed by atoms with Crippen LogP contribution in [0.4, 0.5) is 14.5 Å². The van der Waals surface area contributed by atoms with Gasteiger partial charge >= 0.3 is 5.97 Å². The van der Waals surface area contributed by atoms with E-state index in [1.165, 1.54) is 7.11 Å². The van der Waals surface area contributed by atoms with Gasteiger partial charge in [-0.3, -0.25) is 0 Å². The number of halogens is 2. The fourth-order valence-electron chi connectivity index (χ4n) is 3.08. The summed E-state index contributed by atoms with van der Waals surface area (Å²) in [7, 11) is 1.49. The lowest BCUT2D eigenvalue weighted by Crippen LogP contribution is -2.47. The molecule has 2 aromatic carbocycles. The molecule has 0 unspecified atom stereocenters. The highest BCUT2D eigenvalue weighted by atomic mass is 32.1. The Morgan fingerprint density at radius 1 is 1.18 bits per heavy atom. The van der Waals surface area contributed by atoms with E-state index in [4.69, 9.17) is 21.7 Å². The zero-order valence-corrected chi connectivity index (χ0v) is 19.4. The number of aliphatic carboxylic acids is 1. The minimum absolute atomic E-state index is 0.0659. The van der Waals surface area contributed by atoms with Crippen LogP contribution in [0.15, 0.2) is 36.4 Å². The van der Waals surface area contributed by atoms with Gasteiger partial charge in [0.15, 0.2) is 16.7 Å². The Bertz CT molecular complexity index is 1150. The lowest BCUT2D eigenvalue weighted by atomic mass is 10.1. The molecule has 0 saturated carbocycles. The van der Waals surface area contributed by atoms with Crippen LogP contribution in [-0.4, -0.2) is 46.5 Å². The highest BCUT2D eigenvalue weighted by molar-refractivity contribution is 7.80. The minimum Gasteiger partial charge on any atom is -0.495 e. The van der Waals surface area contributed by atoms with Crippen molar-refractivity contribution >= 4 is 39.9 Å². The van der Waals surface area contributed by atoms with E-state index in [-0.39, 0.29) is 11.7 Å². The van der Waals surface area contributed by atoms with Crippen molar-refractivity contribution in [3.05, 3.63) is 48.0 Å². The predicted molar refractivity (Wildman–Crippen MR) is 127 cm³/mol. The van der Waals surface area contributed by atoms with Crippen LogP contribution >= 0.6 is 12.2 Å². The van der Waals surface area contributed by atoms with Gasteiger partial charge in [-0.2, -0.15) is 0 Å². The van der Waals surface area contributed by atoms with Gasteiger partial charge in [0.05, 0.1) is 25.0 Å². The van der Waals surface area contributed by atoms with Gasteiger partial charge < -0.3 is 30.2 Å². The van der Waals surface area contributed by atoms with Gasteiger partial charge in [0.1, 0.15) is 11.8 Å². The van der Waals surface area contributed by atoms with E-state index in [1.54, 1.807) is 24.3 Å². The molecule has 10 heteroatoms. The first-order valence-electron chi connectivity index (χ1n) is 10.1. The summed E-state index contributed by atoms with van der Waals surface area (Å²) in [5, 5.41) is 15.7. The van der Waals surface area contributed by atoms with Crippen molar-refractivity contribution in [1.82, 2.24) is 10.3 Å². The van der Waals surface area contributed by atoms with E-state index in [9.17, 15) is 18.7 Å². The number of carboxylic acid groups (broad SMARTS) is 1. The Morgan fingerprint density at radius 3 is 2.52 bits per heavy atom. The number of carboxylic acids is 1. The van der Waals surface area contributed by atoms with Crippen LogP contribution < -0.4 is 15.4 Å². The van der Waals surface area contributed by atoms with Gasteiger partial charge in [-0.15, -0.1) is 0 Å². The molecule has 176 valence electrons. The van der Waals surface area contributed by atoms with Crippen LogP contribution in [0, 0.1) is 11.6 Å². The molecule has 0 radical (unpaired) electrons. The van der Waals surface area contributed by atoms with Crippen molar-refractivity contribution < 1.29 is 28.2 Å². The molecule has 7 nitrogen and oxygen atoms in total. The first-order chi connectivity index (χ1) is 15.5. The molecule has 33 heavy (non-hydrogen) atoms. The lowest BCUT2D eigenvalue weighted by molar-refractivity contribution is -0.142. The number of hydrogen-bond donors (Lipinski definition) is 4. The standard InChI is InChI=1S/C23H25F2N3O4S/c1-23(2,3)32-11-19(21(29)30)28-22(33)27-18-8-12(5-6-20(18)31-4)16-9-13-7-14(24)15(25)10-17(13)26-16/h5-10,19,26H,11H2,1-4H3,(H,29,30)(H2,27,28,33)/t19-/m0/s1. The van der Waals surface area contributed by atoms with Crippen LogP contribution in [0.25, 0.3) is 22.2 Å². The number of ether oxygens (including phenoxy) is 2. The molecule has 1 aromatic heterocycles. The first-order valence-corrected chi connectivity index (χ1v) is 10.5. The Labute approximate surface area is 195 Å². The van der Waals surface area contributed by atoms with E-state index in [0.717, 1.165) is 12.1 Å². The van der Waals surface area contributed by atoms with E-state index in [1.807, 2.05) is 20.8 Å². The maximum absolute atomic E-state index is 13.6. The van der Waals surface area contributed by atoms with Crippen LogP contribution in [0.2, 0.25) is 0 Å². The number of methoxy groups -OCH3 is 1. The normalized spacial score (nSPS) is 12.4. The van der Waals surface area contributed by atoms with Crippen molar-refractivity contribution in [2.45, 2.75) is 32.4 Å². The van der Waals surface area contributed by atoms with Crippen LogP contribution in [0.1, 0.15) is 20.8 Å². The molecule has 0 bridgehead atoms. The number of hydrogen-bond acceptors (Lipinski definition) is 4. The lowest BCUT2D eigenvalue weighted by Gasteiger charge is -2.24. The van der Waals surface area contributed by atoms with Crippen molar-refractivity contribution in [3.8, 4) is 17.0 Å². The molecule has 4 N–H and O–H groups in total. The largest absolute Gasteiger partial charge is 0.495 e. The summed E-state index contributed by atoms with van der Waals surface area (Å²) in [5.74, 6) is -2.51. The average Bonchev–Trinajstić information content (AvgIpc) is 3.13. The fraction of sp³-hybridized carbons (Fsp3) is 0.304. The molecule has 0 aliphatic carbocycles. The minimum atomic E-state index is -1.11. The van der Waals surface area contributed by atoms with Crippen LogP contribution in [0.5, 0.6) is 5.75 Å². The van der Waals surface area contributed by atoms with E-state index in [0.29, 0.717) is 33.6 Å². The smallest absolute Gasteiger partial charge is 0.328 e.